The second-order valence-corrected chi connectivity index (χ2v) is 5.93. The highest BCUT2D eigenvalue weighted by atomic mass is 79.9. The summed E-state index contributed by atoms with van der Waals surface area (Å²) in [6, 6.07) is 10.8. The SMILES string of the molecule is O=[N+]([O-])c1cc(Br)ccc1Sc1ncc2ccccn12. The summed E-state index contributed by atoms with van der Waals surface area (Å²) in [6.45, 7) is 0. The van der Waals surface area contributed by atoms with Gasteiger partial charge in [0, 0.05) is 16.7 Å². The van der Waals surface area contributed by atoms with Gasteiger partial charge in [-0.2, -0.15) is 0 Å². The van der Waals surface area contributed by atoms with Gasteiger partial charge in [-0.05, 0) is 36.0 Å². The van der Waals surface area contributed by atoms with Gasteiger partial charge in [0.2, 0.25) is 0 Å². The molecule has 20 heavy (non-hydrogen) atoms. The van der Waals surface area contributed by atoms with Crippen molar-refractivity contribution in [2.45, 2.75) is 10.1 Å². The number of hydrogen-bond acceptors (Lipinski definition) is 4. The van der Waals surface area contributed by atoms with E-state index < -0.39 is 0 Å². The van der Waals surface area contributed by atoms with E-state index in [4.69, 9.17) is 0 Å². The summed E-state index contributed by atoms with van der Waals surface area (Å²) in [5.41, 5.74) is 1.02. The van der Waals surface area contributed by atoms with Crippen molar-refractivity contribution < 1.29 is 4.92 Å². The molecule has 3 rings (SSSR count). The van der Waals surface area contributed by atoms with Crippen LogP contribution in [0.2, 0.25) is 0 Å². The fourth-order valence-corrected chi connectivity index (χ4v) is 3.10. The van der Waals surface area contributed by atoms with Gasteiger partial charge in [-0.1, -0.05) is 22.0 Å². The van der Waals surface area contributed by atoms with Crippen LogP contribution in [0.4, 0.5) is 5.69 Å². The van der Waals surface area contributed by atoms with Crippen molar-refractivity contribution in [2.75, 3.05) is 0 Å². The van der Waals surface area contributed by atoms with Crippen LogP contribution in [0, 0.1) is 10.1 Å². The summed E-state index contributed by atoms with van der Waals surface area (Å²) in [6.07, 6.45) is 3.63. The molecule has 2 heterocycles. The molecule has 0 aliphatic heterocycles. The molecule has 0 aliphatic rings. The van der Waals surface area contributed by atoms with Crippen molar-refractivity contribution in [3.8, 4) is 0 Å². The quantitative estimate of drug-likeness (QED) is 0.526. The van der Waals surface area contributed by atoms with E-state index in [0.717, 1.165) is 5.52 Å². The lowest BCUT2D eigenvalue weighted by molar-refractivity contribution is -0.387. The Kier molecular flexibility index (Phi) is 3.45. The summed E-state index contributed by atoms with van der Waals surface area (Å²) in [4.78, 5) is 15.6. The molecule has 3 aromatic rings. The highest BCUT2D eigenvalue weighted by molar-refractivity contribution is 9.10. The smallest absolute Gasteiger partial charge is 0.284 e. The molecule has 100 valence electrons. The number of nitrogens with zero attached hydrogens (tertiary/aromatic N) is 3. The molecule has 0 aliphatic carbocycles. The molecule has 0 unspecified atom stereocenters. The van der Waals surface area contributed by atoms with Gasteiger partial charge in [0.05, 0.1) is 21.5 Å². The van der Waals surface area contributed by atoms with Gasteiger partial charge < -0.3 is 0 Å². The third-order valence-electron chi connectivity index (χ3n) is 2.72. The van der Waals surface area contributed by atoms with E-state index in [1.165, 1.54) is 17.8 Å². The van der Waals surface area contributed by atoms with Crippen LogP contribution in [0.15, 0.2) is 63.3 Å². The maximum atomic E-state index is 11.1. The standard InChI is InChI=1S/C13H8BrN3O2S/c14-9-4-5-12(11(7-9)17(18)19)20-13-15-8-10-3-1-2-6-16(10)13/h1-8H. The summed E-state index contributed by atoms with van der Waals surface area (Å²) in [5.74, 6) is 0. The average molecular weight is 350 g/mol. The first-order valence-corrected chi connectivity index (χ1v) is 7.30. The fourth-order valence-electron chi connectivity index (χ4n) is 1.81. The maximum Gasteiger partial charge on any atom is 0.284 e. The Hall–Kier alpha value is -1.86. The number of aromatic nitrogens is 2. The molecule has 0 radical (unpaired) electrons. The van der Waals surface area contributed by atoms with Crippen molar-refractivity contribution in [3.05, 3.63) is 63.4 Å². The van der Waals surface area contributed by atoms with Crippen molar-refractivity contribution in [2.24, 2.45) is 0 Å². The second kappa shape index (κ2) is 5.26. The molecule has 0 fully saturated rings. The van der Waals surface area contributed by atoms with Crippen molar-refractivity contribution in [1.29, 1.82) is 0 Å². The lowest BCUT2D eigenvalue weighted by Crippen LogP contribution is -1.92. The first kappa shape index (κ1) is 13.1. The largest absolute Gasteiger partial charge is 0.295 e. The molecular formula is C13H8BrN3O2S. The Bertz CT molecular complexity index is 803. The van der Waals surface area contributed by atoms with E-state index in [0.29, 0.717) is 14.5 Å². The number of nitro groups is 1. The zero-order chi connectivity index (χ0) is 14.1. The normalized spacial score (nSPS) is 10.8. The highest BCUT2D eigenvalue weighted by Gasteiger charge is 2.17. The van der Waals surface area contributed by atoms with E-state index in [1.54, 1.807) is 18.3 Å². The van der Waals surface area contributed by atoms with Crippen LogP contribution < -0.4 is 0 Å². The molecule has 2 aromatic heterocycles. The van der Waals surface area contributed by atoms with E-state index >= 15 is 0 Å². The molecule has 0 spiro atoms. The van der Waals surface area contributed by atoms with Gasteiger partial charge >= 0.3 is 0 Å². The predicted octanol–water partition coefficient (Wildman–Crippen LogP) is 4.16. The molecule has 0 saturated heterocycles. The average Bonchev–Trinajstić information content (AvgIpc) is 2.84. The summed E-state index contributed by atoms with van der Waals surface area (Å²) >= 11 is 4.52. The molecule has 0 atom stereocenters. The van der Waals surface area contributed by atoms with Crippen LogP contribution in [0.1, 0.15) is 0 Å². The topological polar surface area (TPSA) is 60.4 Å². The van der Waals surface area contributed by atoms with Gasteiger partial charge in [-0.3, -0.25) is 14.5 Å². The van der Waals surface area contributed by atoms with Crippen LogP contribution in [-0.4, -0.2) is 14.3 Å². The molecule has 0 saturated carbocycles. The van der Waals surface area contributed by atoms with Gasteiger partial charge in [0.15, 0.2) is 5.16 Å². The Balaban J connectivity index is 2.05. The number of fused-ring (bicyclic) bond motifs is 1. The number of hydrogen-bond donors (Lipinski definition) is 0. The molecule has 0 amide bonds. The van der Waals surface area contributed by atoms with E-state index in [-0.39, 0.29) is 10.6 Å². The Morgan fingerprint density at radius 1 is 1.30 bits per heavy atom. The van der Waals surface area contributed by atoms with Crippen LogP contribution in [0.5, 0.6) is 0 Å². The lowest BCUT2D eigenvalue weighted by atomic mass is 10.3. The molecule has 5 nitrogen and oxygen atoms in total. The third kappa shape index (κ3) is 2.41. The zero-order valence-electron chi connectivity index (χ0n) is 10.1. The Morgan fingerprint density at radius 3 is 2.95 bits per heavy atom. The zero-order valence-corrected chi connectivity index (χ0v) is 12.5. The molecule has 0 bridgehead atoms. The molecule has 1 aromatic carbocycles. The van der Waals surface area contributed by atoms with Gasteiger partial charge in [0.25, 0.3) is 5.69 Å². The highest BCUT2D eigenvalue weighted by Crippen LogP contribution is 2.35. The van der Waals surface area contributed by atoms with Crippen LogP contribution in [0.25, 0.3) is 5.52 Å². The van der Waals surface area contributed by atoms with E-state index in [1.807, 2.05) is 28.8 Å². The van der Waals surface area contributed by atoms with Crippen molar-refractivity contribution in [3.63, 3.8) is 0 Å². The fraction of sp³-hybridized carbons (Fsp3) is 0. The first-order valence-electron chi connectivity index (χ1n) is 5.69. The lowest BCUT2D eigenvalue weighted by Gasteiger charge is -2.03. The van der Waals surface area contributed by atoms with Crippen molar-refractivity contribution in [1.82, 2.24) is 9.38 Å². The first-order chi connectivity index (χ1) is 9.65. The second-order valence-electron chi connectivity index (χ2n) is 4.01. The minimum absolute atomic E-state index is 0.0667. The number of rotatable bonds is 3. The van der Waals surface area contributed by atoms with E-state index in [2.05, 4.69) is 20.9 Å². The van der Waals surface area contributed by atoms with Crippen LogP contribution in [-0.2, 0) is 0 Å². The van der Waals surface area contributed by atoms with E-state index in [9.17, 15) is 10.1 Å². The van der Waals surface area contributed by atoms with Gasteiger partial charge in [-0.15, -0.1) is 0 Å². The molecule has 0 N–H and O–H groups in total. The Morgan fingerprint density at radius 2 is 2.15 bits per heavy atom. The number of imidazole rings is 1. The summed E-state index contributed by atoms with van der Waals surface area (Å²) in [5, 5.41) is 11.8. The summed E-state index contributed by atoms with van der Waals surface area (Å²) < 4.78 is 2.58. The molecule has 7 heteroatoms. The maximum absolute atomic E-state index is 11.1. The minimum atomic E-state index is -0.386. The monoisotopic (exact) mass is 349 g/mol. The van der Waals surface area contributed by atoms with Gasteiger partial charge in [0.1, 0.15) is 0 Å². The Labute approximate surface area is 126 Å². The summed E-state index contributed by atoms with van der Waals surface area (Å²) in [7, 11) is 0. The van der Waals surface area contributed by atoms with Crippen LogP contribution >= 0.6 is 27.7 Å². The number of pyridine rings is 1. The molecular weight excluding hydrogens is 342 g/mol. The van der Waals surface area contributed by atoms with Gasteiger partial charge in [-0.25, -0.2) is 4.98 Å². The van der Waals surface area contributed by atoms with Crippen molar-refractivity contribution >= 4 is 38.9 Å². The van der Waals surface area contributed by atoms with Crippen LogP contribution in [0.3, 0.4) is 0 Å². The minimum Gasteiger partial charge on any atom is -0.295 e. The third-order valence-corrected chi connectivity index (χ3v) is 4.27. The number of halogens is 1. The number of nitro benzene ring substituents is 1. The predicted molar refractivity (Wildman–Crippen MR) is 80.1 cm³/mol. The number of benzene rings is 1.